The van der Waals surface area contributed by atoms with Crippen molar-refractivity contribution in [2.45, 2.75) is 31.7 Å². The van der Waals surface area contributed by atoms with Crippen molar-refractivity contribution in [3.05, 3.63) is 36.3 Å². The second-order valence-electron chi connectivity index (χ2n) is 6.65. The summed E-state index contributed by atoms with van der Waals surface area (Å²) in [5.74, 6) is 1.39. The molecule has 2 bridgehead atoms. The Labute approximate surface area is 129 Å². The molecule has 0 saturated heterocycles. The van der Waals surface area contributed by atoms with Crippen molar-refractivity contribution in [1.82, 2.24) is 14.7 Å². The number of nitrogens with one attached hydrogen (secondary N) is 1. The van der Waals surface area contributed by atoms with Gasteiger partial charge in [-0.3, -0.25) is 4.79 Å². The van der Waals surface area contributed by atoms with Crippen LogP contribution in [0.2, 0.25) is 0 Å². The van der Waals surface area contributed by atoms with E-state index in [9.17, 15) is 9.90 Å². The summed E-state index contributed by atoms with van der Waals surface area (Å²) in [5.41, 5.74) is 1.64. The number of nitrogens with zero attached hydrogens (tertiary/aromatic N) is 2. The van der Waals surface area contributed by atoms with E-state index in [1.54, 1.807) is 0 Å². The summed E-state index contributed by atoms with van der Waals surface area (Å²) in [6, 6.07) is 5.96. The van der Waals surface area contributed by atoms with Gasteiger partial charge in [-0.05, 0) is 43.2 Å². The minimum absolute atomic E-state index is 0.0133. The van der Waals surface area contributed by atoms with E-state index < -0.39 is 0 Å². The van der Waals surface area contributed by atoms with Crippen molar-refractivity contribution in [1.29, 1.82) is 0 Å². The van der Waals surface area contributed by atoms with Gasteiger partial charge in [-0.15, -0.1) is 0 Å². The first-order valence-electron chi connectivity index (χ1n) is 8.07. The van der Waals surface area contributed by atoms with Crippen molar-refractivity contribution < 1.29 is 9.90 Å². The molecule has 116 valence electrons. The molecule has 2 aliphatic rings. The van der Waals surface area contributed by atoms with Gasteiger partial charge in [0.25, 0.3) is 0 Å². The van der Waals surface area contributed by atoms with Gasteiger partial charge in [0.05, 0.1) is 12.1 Å². The van der Waals surface area contributed by atoms with E-state index in [-0.39, 0.29) is 24.5 Å². The third kappa shape index (κ3) is 2.29. The normalized spacial score (nSPS) is 30.0. The first-order valence-corrected chi connectivity index (χ1v) is 8.07. The molecular formula is C17H21N3O2. The van der Waals surface area contributed by atoms with Crippen LogP contribution in [0.4, 0.5) is 0 Å². The molecule has 2 fully saturated rings. The second-order valence-corrected chi connectivity index (χ2v) is 6.65. The summed E-state index contributed by atoms with van der Waals surface area (Å²) in [7, 11) is 0. The van der Waals surface area contributed by atoms with Crippen molar-refractivity contribution in [2.24, 2.45) is 17.8 Å². The number of aromatic nitrogens is 2. The quantitative estimate of drug-likeness (QED) is 0.897. The van der Waals surface area contributed by atoms with Crippen LogP contribution < -0.4 is 5.32 Å². The predicted molar refractivity (Wildman–Crippen MR) is 82.2 cm³/mol. The number of amides is 1. The highest BCUT2D eigenvalue weighted by molar-refractivity contribution is 5.78. The Hall–Kier alpha value is -1.88. The van der Waals surface area contributed by atoms with Crippen LogP contribution in [-0.2, 0) is 11.2 Å². The van der Waals surface area contributed by atoms with Crippen LogP contribution in [0.3, 0.4) is 0 Å². The first kappa shape index (κ1) is 13.8. The highest BCUT2D eigenvalue weighted by atomic mass is 16.3. The number of hydrogen-bond acceptors (Lipinski definition) is 3. The van der Waals surface area contributed by atoms with Crippen LogP contribution >= 0.6 is 0 Å². The molecule has 22 heavy (non-hydrogen) atoms. The van der Waals surface area contributed by atoms with Crippen LogP contribution in [-0.4, -0.2) is 33.0 Å². The summed E-state index contributed by atoms with van der Waals surface area (Å²) in [6.45, 7) is 0.181. The van der Waals surface area contributed by atoms with Gasteiger partial charge in [-0.1, -0.05) is 6.07 Å². The molecule has 4 unspecified atom stereocenters. The predicted octanol–water partition coefficient (Wildman–Crippen LogP) is 1.40. The van der Waals surface area contributed by atoms with Crippen LogP contribution in [0.1, 0.15) is 25.0 Å². The molecular weight excluding hydrogens is 278 g/mol. The molecule has 1 amide bonds. The molecule has 4 rings (SSSR count). The van der Waals surface area contributed by atoms with E-state index in [1.165, 1.54) is 12.8 Å². The lowest BCUT2D eigenvalue weighted by Gasteiger charge is -2.30. The molecule has 2 aromatic heterocycles. The zero-order chi connectivity index (χ0) is 15.1. The molecule has 2 N–H and O–H groups in total. The van der Waals surface area contributed by atoms with Crippen LogP contribution in [0, 0.1) is 17.8 Å². The number of imidazole rings is 1. The topological polar surface area (TPSA) is 66.6 Å². The van der Waals surface area contributed by atoms with E-state index in [4.69, 9.17) is 0 Å². The van der Waals surface area contributed by atoms with Gasteiger partial charge in [0.2, 0.25) is 5.91 Å². The van der Waals surface area contributed by atoms with Gasteiger partial charge in [0.1, 0.15) is 5.65 Å². The summed E-state index contributed by atoms with van der Waals surface area (Å²) in [4.78, 5) is 16.8. The smallest absolute Gasteiger partial charge is 0.226 e. The zero-order valence-electron chi connectivity index (χ0n) is 12.5. The average molecular weight is 299 g/mol. The Morgan fingerprint density at radius 2 is 2.23 bits per heavy atom. The Morgan fingerprint density at radius 3 is 3.05 bits per heavy atom. The Morgan fingerprint density at radius 1 is 1.36 bits per heavy atom. The fraction of sp³-hybridized carbons (Fsp3) is 0.529. The Balaban J connectivity index is 1.44. The summed E-state index contributed by atoms with van der Waals surface area (Å²) >= 11 is 0. The van der Waals surface area contributed by atoms with E-state index in [0.29, 0.717) is 18.3 Å². The van der Waals surface area contributed by atoms with E-state index >= 15 is 0 Å². The minimum Gasteiger partial charge on any atom is -0.396 e. The molecule has 2 aromatic rings. The molecule has 2 heterocycles. The van der Waals surface area contributed by atoms with Gasteiger partial charge >= 0.3 is 0 Å². The first-order chi connectivity index (χ1) is 10.7. The summed E-state index contributed by atoms with van der Waals surface area (Å²) in [5, 5.41) is 12.7. The Kier molecular flexibility index (Phi) is 3.37. The molecule has 4 atom stereocenters. The average Bonchev–Trinajstić information content (AvgIpc) is 3.19. The van der Waals surface area contributed by atoms with E-state index in [1.807, 2.05) is 35.0 Å². The standard InChI is InChI=1S/C17H21N3O2/c21-10-14-11-4-5-12(7-11)17(14)19-16(22)8-13-9-20-6-2-1-3-15(20)18-13/h1-3,6,9,11-12,14,17,21H,4-5,7-8,10H2,(H,19,22). The monoisotopic (exact) mass is 299 g/mol. The van der Waals surface area contributed by atoms with Crippen LogP contribution in [0.25, 0.3) is 5.65 Å². The fourth-order valence-electron chi connectivity index (χ4n) is 4.37. The van der Waals surface area contributed by atoms with Gasteiger partial charge in [0, 0.05) is 31.0 Å². The number of aliphatic hydroxyl groups excluding tert-OH is 1. The highest BCUT2D eigenvalue weighted by Gasteiger charge is 2.47. The Bertz CT molecular complexity index is 663. The van der Waals surface area contributed by atoms with Crippen LogP contribution in [0.5, 0.6) is 0 Å². The lowest BCUT2D eigenvalue weighted by molar-refractivity contribution is -0.122. The molecule has 2 saturated carbocycles. The number of pyridine rings is 1. The number of hydrogen-bond donors (Lipinski definition) is 2. The van der Waals surface area contributed by atoms with E-state index in [0.717, 1.165) is 17.8 Å². The van der Waals surface area contributed by atoms with Gasteiger partial charge in [0.15, 0.2) is 0 Å². The van der Waals surface area contributed by atoms with E-state index in [2.05, 4.69) is 10.3 Å². The van der Waals surface area contributed by atoms with Gasteiger partial charge < -0.3 is 14.8 Å². The molecule has 5 heteroatoms. The maximum atomic E-state index is 12.3. The highest BCUT2D eigenvalue weighted by Crippen LogP contribution is 2.48. The number of carbonyl (C=O) groups excluding carboxylic acids is 1. The van der Waals surface area contributed by atoms with Crippen molar-refractivity contribution in [3.8, 4) is 0 Å². The zero-order valence-corrected chi connectivity index (χ0v) is 12.5. The fourth-order valence-corrected chi connectivity index (χ4v) is 4.37. The molecule has 0 radical (unpaired) electrons. The summed E-state index contributed by atoms with van der Waals surface area (Å²) < 4.78 is 1.93. The summed E-state index contributed by atoms with van der Waals surface area (Å²) in [6.07, 6.45) is 7.67. The molecule has 0 aliphatic heterocycles. The van der Waals surface area contributed by atoms with Gasteiger partial charge in [-0.25, -0.2) is 4.98 Å². The lowest BCUT2D eigenvalue weighted by Crippen LogP contribution is -2.45. The number of fused-ring (bicyclic) bond motifs is 3. The molecule has 2 aliphatic carbocycles. The SMILES string of the molecule is O=C(Cc1cn2ccccc2n1)NC1C2CCC(C2)C1CO. The number of aliphatic hydroxyl groups is 1. The number of carbonyl (C=O) groups is 1. The molecule has 0 aromatic carbocycles. The van der Waals surface area contributed by atoms with Gasteiger partial charge in [-0.2, -0.15) is 0 Å². The number of rotatable bonds is 4. The van der Waals surface area contributed by atoms with Crippen molar-refractivity contribution >= 4 is 11.6 Å². The third-order valence-electron chi connectivity index (χ3n) is 5.38. The van der Waals surface area contributed by atoms with Crippen LogP contribution in [0.15, 0.2) is 30.6 Å². The third-order valence-corrected chi connectivity index (χ3v) is 5.38. The largest absolute Gasteiger partial charge is 0.396 e. The maximum Gasteiger partial charge on any atom is 0.226 e. The molecule has 0 spiro atoms. The maximum absolute atomic E-state index is 12.3. The minimum atomic E-state index is 0.0133. The van der Waals surface area contributed by atoms with Crippen molar-refractivity contribution in [3.63, 3.8) is 0 Å². The molecule has 5 nitrogen and oxygen atoms in total. The second kappa shape index (κ2) is 5.39. The lowest BCUT2D eigenvalue weighted by atomic mass is 9.85. The van der Waals surface area contributed by atoms with Crippen molar-refractivity contribution in [2.75, 3.05) is 6.61 Å².